The monoisotopic (exact) mass is 682 g/mol. The Morgan fingerprint density at radius 1 is 0.512 bits per heavy atom. The van der Waals surface area contributed by atoms with Gasteiger partial charge in [0.1, 0.15) is 0 Å². The summed E-state index contributed by atoms with van der Waals surface area (Å²) < 4.78 is 0. The van der Waals surface area contributed by atoms with Gasteiger partial charge in [0.15, 0.2) is 0 Å². The third kappa shape index (κ3) is 9.28. The summed E-state index contributed by atoms with van der Waals surface area (Å²) in [6, 6.07) is 40.4. The van der Waals surface area contributed by atoms with Crippen LogP contribution in [-0.4, -0.2) is 0 Å². The van der Waals surface area contributed by atoms with Crippen LogP contribution >= 0.6 is 0 Å². The average Bonchev–Trinajstić information content (AvgIpc) is 3.56. The van der Waals surface area contributed by atoms with Crippen molar-refractivity contribution >= 4 is 21.5 Å². The molecule has 0 nitrogen and oxygen atoms in total. The molecule has 0 unspecified atom stereocenters. The van der Waals surface area contributed by atoms with Gasteiger partial charge in [0, 0.05) is 0 Å². The minimum atomic E-state index is 0. The second-order valence-electron chi connectivity index (χ2n) is 11.3. The zero-order chi connectivity index (χ0) is 27.9. The molecule has 6 aromatic carbocycles. The zero-order valence-electron chi connectivity index (χ0n) is 25.9. The Balaban J connectivity index is 0.000000281. The molecule has 220 valence electrons. The maximum absolute atomic E-state index is 2.29. The van der Waals surface area contributed by atoms with E-state index in [9.17, 15) is 0 Å². The third-order valence-electron chi connectivity index (χ3n) is 7.96. The Labute approximate surface area is 290 Å². The maximum Gasteiger partial charge on any atom is 4.00 e. The second-order valence-corrected chi connectivity index (χ2v) is 11.3. The van der Waals surface area contributed by atoms with Crippen molar-refractivity contribution in [3.8, 4) is 22.3 Å². The smallest absolute Gasteiger partial charge is 1.00 e. The van der Waals surface area contributed by atoms with E-state index < -0.39 is 0 Å². The molecule has 6 aromatic rings. The largest absolute Gasteiger partial charge is 4.00 e. The predicted molar refractivity (Wildman–Crippen MR) is 177 cm³/mol. The molecule has 0 amide bonds. The van der Waals surface area contributed by atoms with Crippen molar-refractivity contribution in [1.29, 1.82) is 0 Å². The van der Waals surface area contributed by atoms with Gasteiger partial charge in [-0.25, -0.2) is 0 Å². The summed E-state index contributed by atoms with van der Waals surface area (Å²) in [4.78, 5) is 0. The maximum atomic E-state index is 2.29. The molecule has 3 heteroatoms. The van der Waals surface area contributed by atoms with Crippen LogP contribution in [0.5, 0.6) is 0 Å². The molecule has 0 aromatic heterocycles. The zero-order valence-corrected chi connectivity index (χ0v) is 29.9. The van der Waals surface area contributed by atoms with Gasteiger partial charge in [-0.3, -0.25) is 0 Å². The van der Waals surface area contributed by atoms with E-state index in [1.54, 1.807) is 0 Å². The van der Waals surface area contributed by atoms with Crippen LogP contribution in [0.4, 0.5) is 0 Å². The molecule has 0 saturated carbocycles. The minimum absolute atomic E-state index is 0. The van der Waals surface area contributed by atoms with Crippen molar-refractivity contribution < 1.29 is 51.0 Å². The third-order valence-corrected chi connectivity index (χ3v) is 7.96. The van der Waals surface area contributed by atoms with Gasteiger partial charge < -0.3 is 24.8 Å². The number of halogens is 2. The summed E-state index contributed by atoms with van der Waals surface area (Å²) in [5.74, 6) is 0. The number of unbranched alkanes of at least 4 members (excludes halogenated alkanes) is 2. The first kappa shape index (κ1) is 36.8. The molecule has 0 bridgehead atoms. The molecular formula is C40H42Cl2Zr. The predicted octanol–water partition coefficient (Wildman–Crippen LogP) is 5.76. The quantitative estimate of drug-likeness (QED) is 0.179. The molecule has 0 aliphatic carbocycles. The van der Waals surface area contributed by atoms with Crippen molar-refractivity contribution in [2.45, 2.75) is 66.2 Å². The Bertz CT molecular complexity index is 1540. The van der Waals surface area contributed by atoms with Gasteiger partial charge in [0.05, 0.1) is 0 Å². The minimum Gasteiger partial charge on any atom is -1.00 e. The van der Waals surface area contributed by atoms with Crippen molar-refractivity contribution in [2.24, 2.45) is 0 Å². The first-order valence-corrected chi connectivity index (χ1v) is 15.1. The first-order chi connectivity index (χ1) is 19.6. The van der Waals surface area contributed by atoms with E-state index in [-0.39, 0.29) is 51.0 Å². The standard InChI is InChI=1S/2C20H21.2ClH.Zr/c2*1-3-4-6-16-9-11-17(12-10-16)19-8-5-7-18-13-15(2)14-20(18)19;;;/h2*5,7-14H,3-4,6H2,1-2H3;2*1H;/q2*-1;;;+4/p-2. The van der Waals surface area contributed by atoms with E-state index in [0.29, 0.717) is 0 Å². The van der Waals surface area contributed by atoms with Crippen LogP contribution in [0.3, 0.4) is 0 Å². The van der Waals surface area contributed by atoms with Crippen LogP contribution in [0.1, 0.15) is 61.8 Å². The fourth-order valence-corrected chi connectivity index (χ4v) is 5.74. The molecule has 0 fully saturated rings. The van der Waals surface area contributed by atoms with E-state index in [2.05, 4.69) is 137 Å². The van der Waals surface area contributed by atoms with Gasteiger partial charge in [0.25, 0.3) is 0 Å². The number of hydrogen-bond acceptors (Lipinski definition) is 0. The Morgan fingerprint density at radius 2 is 0.884 bits per heavy atom. The summed E-state index contributed by atoms with van der Waals surface area (Å²) in [5.41, 5.74) is 10.9. The Kier molecular flexibility index (Phi) is 15.2. The molecule has 0 spiro atoms. The molecular weight excluding hydrogens is 643 g/mol. The molecule has 0 aliphatic heterocycles. The molecule has 0 radical (unpaired) electrons. The summed E-state index contributed by atoms with van der Waals surface area (Å²) in [6.45, 7) is 8.81. The van der Waals surface area contributed by atoms with Crippen LogP contribution < -0.4 is 24.8 Å². The van der Waals surface area contributed by atoms with Gasteiger partial charge >= 0.3 is 26.2 Å². The molecule has 0 atom stereocenters. The Hall–Kier alpha value is -2.44. The van der Waals surface area contributed by atoms with Gasteiger partial charge in [-0.15, -0.1) is 69.1 Å². The van der Waals surface area contributed by atoms with Crippen LogP contribution in [0, 0.1) is 13.8 Å². The number of benzene rings is 4. The number of rotatable bonds is 8. The normalized spacial score (nSPS) is 10.3. The van der Waals surface area contributed by atoms with E-state index in [4.69, 9.17) is 0 Å². The molecule has 0 saturated heterocycles. The summed E-state index contributed by atoms with van der Waals surface area (Å²) >= 11 is 0. The molecule has 0 N–H and O–H groups in total. The van der Waals surface area contributed by atoms with Crippen LogP contribution in [0.15, 0.2) is 109 Å². The van der Waals surface area contributed by atoms with Crippen molar-refractivity contribution in [2.75, 3.05) is 0 Å². The number of aryl methyl sites for hydroxylation is 4. The van der Waals surface area contributed by atoms with Gasteiger partial charge in [-0.1, -0.05) is 112 Å². The summed E-state index contributed by atoms with van der Waals surface area (Å²) in [6.07, 6.45) is 7.45. The average molecular weight is 685 g/mol. The van der Waals surface area contributed by atoms with Crippen LogP contribution in [0.25, 0.3) is 43.8 Å². The Morgan fingerprint density at radius 3 is 1.23 bits per heavy atom. The number of hydrogen-bond donors (Lipinski definition) is 0. The van der Waals surface area contributed by atoms with Gasteiger partial charge in [0.2, 0.25) is 0 Å². The van der Waals surface area contributed by atoms with E-state index in [1.165, 1.54) is 105 Å². The molecule has 0 aliphatic rings. The first-order valence-electron chi connectivity index (χ1n) is 15.1. The molecule has 6 rings (SSSR count). The SMILES string of the molecule is CCCCc1ccc(-c2cccc3[cH-]c(C)cc23)cc1.CCCCc1ccc(-c2cccc3[cH-]c(C)cc23)cc1.[Cl-].[Cl-].[Zr+4]. The fraction of sp³-hybridized carbons (Fsp3) is 0.250. The van der Waals surface area contributed by atoms with E-state index in [0.717, 1.165) is 0 Å². The van der Waals surface area contributed by atoms with Crippen molar-refractivity contribution in [3.63, 3.8) is 0 Å². The van der Waals surface area contributed by atoms with Crippen molar-refractivity contribution in [1.82, 2.24) is 0 Å². The number of fused-ring (bicyclic) bond motifs is 2. The second kappa shape index (κ2) is 17.8. The van der Waals surface area contributed by atoms with Gasteiger partial charge in [-0.2, -0.15) is 12.1 Å². The summed E-state index contributed by atoms with van der Waals surface area (Å²) in [7, 11) is 0. The van der Waals surface area contributed by atoms with Gasteiger partial charge in [-0.05, 0) is 47.9 Å². The topological polar surface area (TPSA) is 0 Å². The van der Waals surface area contributed by atoms with Crippen molar-refractivity contribution in [3.05, 3.63) is 131 Å². The van der Waals surface area contributed by atoms with E-state index >= 15 is 0 Å². The molecule has 0 heterocycles. The molecule has 43 heavy (non-hydrogen) atoms. The van der Waals surface area contributed by atoms with Crippen LogP contribution in [-0.2, 0) is 39.0 Å². The summed E-state index contributed by atoms with van der Waals surface area (Å²) in [5, 5.41) is 5.42. The van der Waals surface area contributed by atoms with E-state index in [1.807, 2.05) is 0 Å². The van der Waals surface area contributed by atoms with Crippen LogP contribution in [0.2, 0.25) is 0 Å². The fourth-order valence-electron chi connectivity index (χ4n) is 5.74.